The summed E-state index contributed by atoms with van der Waals surface area (Å²) in [6.07, 6.45) is 5.05. The average molecular weight is 451 g/mol. The predicted octanol–water partition coefficient (Wildman–Crippen LogP) is 4.17. The third kappa shape index (κ3) is 9.39. The highest BCUT2D eigenvalue weighted by atomic mass is 16.5. The van der Waals surface area contributed by atoms with Gasteiger partial charge < -0.3 is 14.2 Å². The van der Waals surface area contributed by atoms with Crippen LogP contribution in [0.15, 0.2) is 92.6 Å². The topological polar surface area (TPSA) is 78.9 Å². The van der Waals surface area contributed by atoms with Crippen LogP contribution in [0.1, 0.15) is 16.7 Å². The molecular formula is C27H30O6. The van der Waals surface area contributed by atoms with E-state index >= 15 is 0 Å². The number of hydrogen-bond donors (Lipinski definition) is 0. The summed E-state index contributed by atoms with van der Waals surface area (Å²) in [5.41, 5.74) is 3.04. The number of carbonyl (C=O) groups is 3. The fourth-order valence-corrected chi connectivity index (χ4v) is 2.76. The van der Waals surface area contributed by atoms with Crippen LogP contribution in [-0.4, -0.2) is 37.7 Å². The van der Waals surface area contributed by atoms with Crippen LogP contribution in [0.2, 0.25) is 0 Å². The molecule has 1 rings (SSSR count). The van der Waals surface area contributed by atoms with Gasteiger partial charge in [0, 0.05) is 36.0 Å². The van der Waals surface area contributed by atoms with Gasteiger partial charge in [0.15, 0.2) is 0 Å². The Balaban J connectivity index is 3.12. The van der Waals surface area contributed by atoms with Crippen molar-refractivity contribution < 1.29 is 28.6 Å². The smallest absolute Gasteiger partial charge is 0.334 e. The molecule has 0 heterocycles. The predicted molar refractivity (Wildman–Crippen MR) is 128 cm³/mol. The Morgan fingerprint density at radius 3 is 1.45 bits per heavy atom. The summed E-state index contributed by atoms with van der Waals surface area (Å²) in [4.78, 5) is 36.3. The minimum Gasteiger partial charge on any atom is -0.458 e. The monoisotopic (exact) mass is 450 g/mol. The SMILES string of the molecule is C=CCOC(=O)C(=C)Cc1ccc(CC(=C)C(=O)OCC=C)c(CC(=C)C(=O)OCC=C)c1. The fourth-order valence-electron chi connectivity index (χ4n) is 2.76. The minimum atomic E-state index is -0.548. The maximum absolute atomic E-state index is 12.2. The van der Waals surface area contributed by atoms with E-state index in [1.807, 2.05) is 12.1 Å². The summed E-state index contributed by atoms with van der Waals surface area (Å²) in [6.45, 7) is 22.2. The Morgan fingerprint density at radius 2 is 1.03 bits per heavy atom. The number of hydrogen-bond acceptors (Lipinski definition) is 6. The van der Waals surface area contributed by atoms with E-state index in [4.69, 9.17) is 14.2 Å². The molecule has 33 heavy (non-hydrogen) atoms. The molecule has 0 saturated heterocycles. The molecule has 0 aromatic heterocycles. The molecule has 0 N–H and O–H groups in total. The van der Waals surface area contributed by atoms with Crippen LogP contribution >= 0.6 is 0 Å². The lowest BCUT2D eigenvalue weighted by atomic mass is 9.92. The van der Waals surface area contributed by atoms with E-state index in [0.29, 0.717) is 0 Å². The number of esters is 3. The van der Waals surface area contributed by atoms with Gasteiger partial charge in [-0.05, 0) is 16.7 Å². The Kier molecular flexibility index (Phi) is 11.7. The van der Waals surface area contributed by atoms with E-state index in [-0.39, 0.29) is 55.8 Å². The second-order valence-electron chi connectivity index (χ2n) is 7.11. The van der Waals surface area contributed by atoms with Crippen molar-refractivity contribution in [2.75, 3.05) is 19.8 Å². The van der Waals surface area contributed by atoms with Crippen LogP contribution in [0.5, 0.6) is 0 Å². The zero-order valence-corrected chi connectivity index (χ0v) is 18.9. The van der Waals surface area contributed by atoms with Gasteiger partial charge in [-0.1, -0.05) is 75.9 Å². The molecule has 0 aliphatic carbocycles. The number of rotatable bonds is 15. The van der Waals surface area contributed by atoms with Crippen molar-refractivity contribution in [2.45, 2.75) is 19.3 Å². The Morgan fingerprint density at radius 1 is 0.636 bits per heavy atom. The molecule has 6 heteroatoms. The summed E-state index contributed by atoms with van der Waals surface area (Å²) in [6, 6.07) is 5.45. The van der Waals surface area contributed by atoms with Gasteiger partial charge in [0.2, 0.25) is 0 Å². The van der Waals surface area contributed by atoms with Gasteiger partial charge in [0.1, 0.15) is 19.8 Å². The molecule has 1 aromatic carbocycles. The van der Waals surface area contributed by atoms with E-state index in [0.717, 1.165) is 16.7 Å². The molecule has 0 saturated carbocycles. The molecule has 174 valence electrons. The largest absolute Gasteiger partial charge is 0.458 e. The maximum atomic E-state index is 12.2. The normalized spacial score (nSPS) is 9.82. The summed E-state index contributed by atoms with van der Waals surface area (Å²) >= 11 is 0. The number of carbonyl (C=O) groups excluding carboxylic acids is 3. The molecule has 0 aliphatic heterocycles. The average Bonchev–Trinajstić information content (AvgIpc) is 2.80. The third-order valence-corrected chi connectivity index (χ3v) is 4.36. The first-order valence-electron chi connectivity index (χ1n) is 10.2. The van der Waals surface area contributed by atoms with Crippen LogP contribution in [-0.2, 0) is 47.9 Å². The minimum absolute atomic E-state index is 0.0728. The quantitative estimate of drug-likeness (QED) is 0.173. The van der Waals surface area contributed by atoms with Crippen molar-refractivity contribution in [2.24, 2.45) is 0 Å². The van der Waals surface area contributed by atoms with E-state index in [1.54, 1.807) is 6.07 Å². The highest BCUT2D eigenvalue weighted by molar-refractivity contribution is 5.90. The van der Waals surface area contributed by atoms with Crippen molar-refractivity contribution in [1.82, 2.24) is 0 Å². The molecule has 0 bridgehead atoms. The van der Waals surface area contributed by atoms with Crippen LogP contribution in [0, 0.1) is 0 Å². The van der Waals surface area contributed by atoms with Crippen molar-refractivity contribution in [3.8, 4) is 0 Å². The van der Waals surface area contributed by atoms with Gasteiger partial charge in [0.25, 0.3) is 0 Å². The second-order valence-corrected chi connectivity index (χ2v) is 7.11. The van der Waals surface area contributed by atoms with Crippen LogP contribution in [0.25, 0.3) is 0 Å². The van der Waals surface area contributed by atoms with Crippen molar-refractivity contribution in [3.05, 3.63) is 109 Å². The first kappa shape index (κ1) is 27.1. The zero-order chi connectivity index (χ0) is 24.8. The van der Waals surface area contributed by atoms with Crippen LogP contribution in [0.4, 0.5) is 0 Å². The van der Waals surface area contributed by atoms with Crippen LogP contribution < -0.4 is 0 Å². The zero-order valence-electron chi connectivity index (χ0n) is 18.9. The first-order valence-corrected chi connectivity index (χ1v) is 10.2. The summed E-state index contributed by atoms with van der Waals surface area (Å²) in [5.74, 6) is -1.60. The van der Waals surface area contributed by atoms with E-state index in [1.165, 1.54) is 18.2 Å². The lowest BCUT2D eigenvalue weighted by Crippen LogP contribution is -2.13. The first-order chi connectivity index (χ1) is 15.7. The van der Waals surface area contributed by atoms with Gasteiger partial charge in [0.05, 0.1) is 0 Å². The molecule has 0 amide bonds. The highest BCUT2D eigenvalue weighted by Crippen LogP contribution is 2.21. The van der Waals surface area contributed by atoms with Gasteiger partial charge in [-0.25, -0.2) is 14.4 Å². The van der Waals surface area contributed by atoms with Crippen LogP contribution in [0.3, 0.4) is 0 Å². The fraction of sp³-hybridized carbons (Fsp3) is 0.222. The highest BCUT2D eigenvalue weighted by Gasteiger charge is 2.17. The maximum Gasteiger partial charge on any atom is 0.334 e. The molecule has 1 aromatic rings. The molecule has 0 fully saturated rings. The van der Waals surface area contributed by atoms with Crippen molar-refractivity contribution >= 4 is 17.9 Å². The third-order valence-electron chi connectivity index (χ3n) is 4.36. The summed E-state index contributed by atoms with van der Waals surface area (Å²) in [5, 5.41) is 0. The van der Waals surface area contributed by atoms with E-state index in [2.05, 4.69) is 39.5 Å². The Hall–Kier alpha value is -3.93. The van der Waals surface area contributed by atoms with Gasteiger partial charge >= 0.3 is 17.9 Å². The summed E-state index contributed by atoms with van der Waals surface area (Å²) in [7, 11) is 0. The lowest BCUT2D eigenvalue weighted by Gasteiger charge is -2.14. The summed E-state index contributed by atoms with van der Waals surface area (Å²) < 4.78 is 15.1. The number of ether oxygens (including phenoxy) is 3. The lowest BCUT2D eigenvalue weighted by molar-refractivity contribution is -0.138. The second kappa shape index (κ2) is 14.2. The standard InChI is InChI=1S/C27H30O6/c1-7-12-31-25(28)19(4)15-22-10-11-23(16-20(5)26(29)32-13-8-2)24(18-22)17-21(6)27(30)33-14-9-3/h7-11,18H,1-6,12-17H2. The molecule has 6 nitrogen and oxygen atoms in total. The Labute approximate surface area is 195 Å². The van der Waals surface area contributed by atoms with Gasteiger partial charge in [-0.2, -0.15) is 0 Å². The molecular weight excluding hydrogens is 420 g/mol. The van der Waals surface area contributed by atoms with E-state index < -0.39 is 17.9 Å². The molecule has 0 spiro atoms. The van der Waals surface area contributed by atoms with Gasteiger partial charge in [-0.15, -0.1) is 0 Å². The van der Waals surface area contributed by atoms with Crippen molar-refractivity contribution in [3.63, 3.8) is 0 Å². The van der Waals surface area contributed by atoms with Gasteiger partial charge in [-0.3, -0.25) is 0 Å². The molecule has 0 radical (unpaired) electrons. The molecule has 0 atom stereocenters. The van der Waals surface area contributed by atoms with E-state index in [9.17, 15) is 14.4 Å². The number of benzene rings is 1. The Bertz CT molecular complexity index is 967. The molecule has 0 unspecified atom stereocenters. The molecule has 0 aliphatic rings. The van der Waals surface area contributed by atoms with Crippen molar-refractivity contribution in [1.29, 1.82) is 0 Å².